The van der Waals surface area contributed by atoms with Gasteiger partial charge in [0.05, 0.1) is 34.5 Å². The molecule has 4 aliphatic rings. The second kappa shape index (κ2) is 6.34. The van der Waals surface area contributed by atoms with E-state index in [1.165, 1.54) is 24.3 Å². The second-order valence-corrected chi connectivity index (χ2v) is 8.57. The van der Waals surface area contributed by atoms with E-state index in [0.717, 1.165) is 27.2 Å². The fourth-order valence-corrected chi connectivity index (χ4v) is 6.20. The Morgan fingerprint density at radius 1 is 0.906 bits per heavy atom. The van der Waals surface area contributed by atoms with Crippen molar-refractivity contribution in [2.45, 2.75) is 11.3 Å². The maximum atomic E-state index is 13.8. The molecule has 1 fully saturated rings. The SMILES string of the molecule is O=C1[C@@H]2C3c4ccccc4C(CO)(c4ccccc43)[C@H]2C(=O)N1c1cccc([N+](=O)[O-])c1. The average Bonchev–Trinajstić information content (AvgIpc) is 3.10. The van der Waals surface area contributed by atoms with Gasteiger partial charge in [-0.1, -0.05) is 54.6 Å². The number of nitrogens with zero attached hydrogens (tertiary/aromatic N) is 2. The average molecular weight is 426 g/mol. The first-order valence-electron chi connectivity index (χ1n) is 10.4. The number of aliphatic hydroxyl groups is 1. The minimum absolute atomic E-state index is 0.184. The van der Waals surface area contributed by atoms with Gasteiger partial charge >= 0.3 is 0 Å². The Balaban J connectivity index is 1.61. The molecule has 2 amide bonds. The van der Waals surface area contributed by atoms with Crippen LogP contribution in [0.1, 0.15) is 28.2 Å². The van der Waals surface area contributed by atoms with Crippen LogP contribution >= 0.6 is 0 Å². The molecule has 3 aromatic carbocycles. The summed E-state index contributed by atoms with van der Waals surface area (Å²) in [6.45, 7) is -0.323. The van der Waals surface area contributed by atoms with Gasteiger partial charge in [-0.05, 0) is 28.3 Å². The van der Waals surface area contributed by atoms with Gasteiger partial charge in [0.2, 0.25) is 11.8 Å². The third-order valence-corrected chi connectivity index (χ3v) is 7.34. The Bertz CT molecular complexity index is 1290. The Morgan fingerprint density at radius 3 is 2.12 bits per heavy atom. The standard InChI is InChI=1S/C25H18N2O5/c28-13-25-18-10-3-1-8-16(18)20(17-9-2-4-11-19(17)25)21-22(25)24(30)26(23(21)29)14-6-5-7-15(12-14)27(31)32/h1-12,20-22,28H,13H2/t20?,21-,22-,25?/m1/s1. The van der Waals surface area contributed by atoms with Crippen LogP contribution in [0.5, 0.6) is 0 Å². The lowest BCUT2D eigenvalue weighted by Crippen LogP contribution is -2.55. The molecule has 3 aliphatic carbocycles. The van der Waals surface area contributed by atoms with Gasteiger partial charge in [-0.25, -0.2) is 4.90 Å². The van der Waals surface area contributed by atoms with Gasteiger partial charge in [0.25, 0.3) is 5.69 Å². The number of aliphatic hydroxyl groups excluding tert-OH is 1. The number of rotatable bonds is 3. The summed E-state index contributed by atoms with van der Waals surface area (Å²) < 4.78 is 0. The predicted octanol–water partition coefficient (Wildman–Crippen LogP) is 3.14. The van der Waals surface area contributed by atoms with Crippen molar-refractivity contribution < 1.29 is 19.6 Å². The number of anilines is 1. The van der Waals surface area contributed by atoms with Crippen LogP contribution in [-0.2, 0) is 15.0 Å². The van der Waals surface area contributed by atoms with Crippen molar-refractivity contribution in [2.75, 3.05) is 11.5 Å². The number of carbonyl (C=O) groups excluding carboxylic acids is 2. The van der Waals surface area contributed by atoms with E-state index in [1.54, 1.807) is 0 Å². The molecule has 1 heterocycles. The summed E-state index contributed by atoms with van der Waals surface area (Å²) in [4.78, 5) is 39.4. The molecular weight excluding hydrogens is 408 g/mol. The van der Waals surface area contributed by atoms with E-state index in [9.17, 15) is 24.8 Å². The van der Waals surface area contributed by atoms with Crippen molar-refractivity contribution in [3.8, 4) is 0 Å². The summed E-state index contributed by atoms with van der Waals surface area (Å²) in [5, 5.41) is 22.1. The van der Waals surface area contributed by atoms with E-state index >= 15 is 0 Å². The van der Waals surface area contributed by atoms with E-state index in [2.05, 4.69) is 0 Å². The molecule has 158 valence electrons. The lowest BCUT2D eigenvalue weighted by molar-refractivity contribution is -0.384. The zero-order valence-corrected chi connectivity index (χ0v) is 16.8. The molecule has 1 N–H and O–H groups in total. The quantitative estimate of drug-likeness (QED) is 0.394. The Labute approximate surface area is 183 Å². The maximum Gasteiger partial charge on any atom is 0.271 e. The van der Waals surface area contributed by atoms with E-state index in [0.29, 0.717) is 0 Å². The highest BCUT2D eigenvalue weighted by Crippen LogP contribution is 2.64. The summed E-state index contributed by atoms with van der Waals surface area (Å²) >= 11 is 0. The Morgan fingerprint density at radius 2 is 1.53 bits per heavy atom. The summed E-state index contributed by atoms with van der Waals surface area (Å²) in [7, 11) is 0. The number of carbonyl (C=O) groups is 2. The smallest absolute Gasteiger partial charge is 0.271 e. The molecule has 0 spiro atoms. The molecule has 7 rings (SSSR count). The topological polar surface area (TPSA) is 101 Å². The monoisotopic (exact) mass is 426 g/mol. The van der Waals surface area contributed by atoms with E-state index in [-0.39, 0.29) is 29.8 Å². The zero-order chi connectivity index (χ0) is 22.2. The summed E-state index contributed by atoms with van der Waals surface area (Å²) in [6, 6.07) is 20.9. The molecule has 0 unspecified atom stereocenters. The third-order valence-electron chi connectivity index (χ3n) is 7.34. The van der Waals surface area contributed by atoms with Crippen LogP contribution in [0.2, 0.25) is 0 Å². The molecule has 3 aromatic rings. The van der Waals surface area contributed by atoms with Crippen LogP contribution in [0.15, 0.2) is 72.8 Å². The molecule has 0 radical (unpaired) electrons. The fraction of sp³-hybridized carbons (Fsp3) is 0.200. The minimum Gasteiger partial charge on any atom is -0.395 e. The van der Waals surface area contributed by atoms with Gasteiger partial charge in [-0.15, -0.1) is 0 Å². The summed E-state index contributed by atoms with van der Waals surface area (Å²) in [6.07, 6.45) is 0. The lowest BCUT2D eigenvalue weighted by atomic mass is 9.47. The number of imide groups is 1. The third kappa shape index (κ3) is 2.08. The largest absolute Gasteiger partial charge is 0.395 e. The number of nitro benzene ring substituents is 1. The number of amides is 2. The second-order valence-electron chi connectivity index (χ2n) is 8.57. The van der Waals surface area contributed by atoms with Crippen LogP contribution in [0.3, 0.4) is 0 Å². The van der Waals surface area contributed by atoms with Crippen molar-refractivity contribution in [3.63, 3.8) is 0 Å². The van der Waals surface area contributed by atoms with E-state index < -0.39 is 28.1 Å². The molecule has 2 atom stereocenters. The first-order chi connectivity index (χ1) is 15.5. The first-order valence-corrected chi connectivity index (χ1v) is 10.4. The highest BCUT2D eigenvalue weighted by atomic mass is 16.6. The van der Waals surface area contributed by atoms with Crippen molar-refractivity contribution in [1.29, 1.82) is 0 Å². The highest BCUT2D eigenvalue weighted by Gasteiger charge is 2.68. The normalized spacial score (nSPS) is 27.2. The zero-order valence-electron chi connectivity index (χ0n) is 16.8. The molecular formula is C25H18N2O5. The van der Waals surface area contributed by atoms with E-state index in [4.69, 9.17) is 0 Å². The summed E-state index contributed by atoms with van der Waals surface area (Å²) in [5.74, 6) is -2.59. The fourth-order valence-electron chi connectivity index (χ4n) is 6.20. The summed E-state index contributed by atoms with van der Waals surface area (Å²) in [5.41, 5.74) is 2.58. The minimum atomic E-state index is -1.05. The first kappa shape index (κ1) is 18.9. The van der Waals surface area contributed by atoms with Gasteiger partial charge in [0, 0.05) is 18.1 Å². The highest BCUT2D eigenvalue weighted by molar-refractivity contribution is 6.23. The molecule has 0 saturated carbocycles. The van der Waals surface area contributed by atoms with Crippen molar-refractivity contribution >= 4 is 23.2 Å². The van der Waals surface area contributed by atoms with E-state index in [1.807, 2.05) is 48.5 Å². The van der Waals surface area contributed by atoms with Crippen LogP contribution in [0.25, 0.3) is 0 Å². The van der Waals surface area contributed by atoms with Gasteiger partial charge < -0.3 is 5.11 Å². The van der Waals surface area contributed by atoms with Gasteiger partial charge in [-0.2, -0.15) is 0 Å². The molecule has 1 saturated heterocycles. The molecule has 2 bridgehead atoms. The molecule has 7 nitrogen and oxygen atoms in total. The van der Waals surface area contributed by atoms with Crippen molar-refractivity contribution in [3.05, 3.63) is 105 Å². The molecule has 1 aliphatic heterocycles. The number of hydrogen-bond acceptors (Lipinski definition) is 5. The van der Waals surface area contributed by atoms with Crippen LogP contribution < -0.4 is 4.90 Å². The van der Waals surface area contributed by atoms with Crippen molar-refractivity contribution in [2.24, 2.45) is 11.8 Å². The van der Waals surface area contributed by atoms with Gasteiger partial charge in [-0.3, -0.25) is 19.7 Å². The maximum absolute atomic E-state index is 13.8. The number of benzene rings is 3. The van der Waals surface area contributed by atoms with Crippen LogP contribution in [0.4, 0.5) is 11.4 Å². The predicted molar refractivity (Wildman–Crippen MR) is 115 cm³/mol. The van der Waals surface area contributed by atoms with Gasteiger partial charge in [0.1, 0.15) is 0 Å². The number of hydrogen-bond donors (Lipinski definition) is 1. The van der Waals surface area contributed by atoms with Crippen LogP contribution in [0, 0.1) is 22.0 Å². The molecule has 0 aromatic heterocycles. The number of nitro groups is 1. The molecule has 7 heteroatoms. The van der Waals surface area contributed by atoms with Crippen LogP contribution in [-0.4, -0.2) is 28.5 Å². The lowest BCUT2D eigenvalue weighted by Gasteiger charge is -2.53. The number of non-ortho nitro benzene ring substituents is 1. The molecule has 32 heavy (non-hydrogen) atoms. The van der Waals surface area contributed by atoms with Crippen molar-refractivity contribution in [1.82, 2.24) is 0 Å². The van der Waals surface area contributed by atoms with Gasteiger partial charge in [0.15, 0.2) is 0 Å². The Hall–Kier alpha value is -3.84. The Kier molecular flexibility index (Phi) is 3.74.